The van der Waals surface area contributed by atoms with Gasteiger partial charge in [-0.1, -0.05) is 67.3 Å². The van der Waals surface area contributed by atoms with Crippen LogP contribution in [0.25, 0.3) is 16.8 Å². The van der Waals surface area contributed by atoms with Gasteiger partial charge in [0.1, 0.15) is 5.75 Å². The van der Waals surface area contributed by atoms with Crippen LogP contribution in [0, 0.1) is 0 Å². The van der Waals surface area contributed by atoms with E-state index in [2.05, 4.69) is 25.1 Å². The second-order valence-electron chi connectivity index (χ2n) is 6.77. The normalized spacial score (nSPS) is 15.4. The number of thiocarbonyl (C=S) groups is 1. The van der Waals surface area contributed by atoms with Crippen molar-refractivity contribution in [3.8, 4) is 5.75 Å². The SMILES string of the molecule is CCCOc1ccc2ccccc2c1/C=C1\SC(=S)N(c2cccc(SC)c2)C1=O. The summed E-state index contributed by atoms with van der Waals surface area (Å²) >= 11 is 8.53. The van der Waals surface area contributed by atoms with E-state index in [0.717, 1.165) is 39.1 Å². The minimum absolute atomic E-state index is 0.0994. The van der Waals surface area contributed by atoms with Gasteiger partial charge in [0.15, 0.2) is 4.32 Å². The molecule has 1 amide bonds. The van der Waals surface area contributed by atoms with Gasteiger partial charge in [-0.25, -0.2) is 0 Å². The van der Waals surface area contributed by atoms with E-state index in [-0.39, 0.29) is 5.91 Å². The van der Waals surface area contributed by atoms with Crippen molar-refractivity contribution in [1.82, 2.24) is 0 Å². The fourth-order valence-electron chi connectivity index (χ4n) is 3.33. The zero-order valence-electron chi connectivity index (χ0n) is 16.8. The summed E-state index contributed by atoms with van der Waals surface area (Å²) < 4.78 is 6.54. The molecule has 30 heavy (non-hydrogen) atoms. The molecule has 0 radical (unpaired) electrons. The van der Waals surface area contributed by atoms with Gasteiger partial charge in [-0.05, 0) is 53.8 Å². The molecule has 1 fully saturated rings. The third-order valence-corrected chi connectivity index (χ3v) is 6.80. The van der Waals surface area contributed by atoms with Crippen molar-refractivity contribution in [3.05, 3.63) is 71.1 Å². The molecule has 3 nitrogen and oxygen atoms in total. The first-order valence-corrected chi connectivity index (χ1v) is 12.1. The van der Waals surface area contributed by atoms with Crippen molar-refractivity contribution in [3.63, 3.8) is 0 Å². The minimum atomic E-state index is -0.0994. The second kappa shape index (κ2) is 9.25. The molecule has 4 rings (SSSR count). The summed E-state index contributed by atoms with van der Waals surface area (Å²) in [5.74, 6) is 0.683. The molecule has 0 spiro atoms. The summed E-state index contributed by atoms with van der Waals surface area (Å²) in [5, 5.41) is 2.16. The molecule has 0 atom stereocenters. The number of ether oxygens (including phenoxy) is 1. The Morgan fingerprint density at radius 2 is 1.97 bits per heavy atom. The number of fused-ring (bicyclic) bond motifs is 1. The molecule has 0 N–H and O–H groups in total. The Hall–Kier alpha value is -2.28. The van der Waals surface area contributed by atoms with Gasteiger partial charge in [0.25, 0.3) is 5.91 Å². The number of benzene rings is 3. The highest BCUT2D eigenvalue weighted by Gasteiger charge is 2.33. The quantitative estimate of drug-likeness (QED) is 0.235. The van der Waals surface area contributed by atoms with Crippen molar-refractivity contribution >= 4 is 68.5 Å². The number of carbonyl (C=O) groups is 1. The van der Waals surface area contributed by atoms with Crippen LogP contribution in [-0.2, 0) is 4.79 Å². The Balaban J connectivity index is 1.77. The molecule has 1 saturated heterocycles. The Bertz CT molecular complexity index is 1160. The van der Waals surface area contributed by atoms with E-state index < -0.39 is 0 Å². The van der Waals surface area contributed by atoms with Gasteiger partial charge in [-0.2, -0.15) is 0 Å². The average Bonchev–Trinajstić information content (AvgIpc) is 3.06. The Morgan fingerprint density at radius 3 is 2.77 bits per heavy atom. The molecule has 0 saturated carbocycles. The largest absolute Gasteiger partial charge is 0.493 e. The topological polar surface area (TPSA) is 29.5 Å². The Kier molecular flexibility index (Phi) is 6.46. The fraction of sp³-hybridized carbons (Fsp3) is 0.167. The van der Waals surface area contributed by atoms with Crippen LogP contribution in [0.4, 0.5) is 5.69 Å². The van der Waals surface area contributed by atoms with Crippen LogP contribution < -0.4 is 9.64 Å². The maximum absolute atomic E-state index is 13.3. The summed E-state index contributed by atoms with van der Waals surface area (Å²) in [4.78, 5) is 16.6. The number of nitrogens with zero attached hydrogens (tertiary/aromatic N) is 1. The first-order chi connectivity index (χ1) is 14.6. The van der Waals surface area contributed by atoms with Gasteiger partial charge in [0.2, 0.25) is 0 Å². The Labute approximate surface area is 190 Å². The first kappa shape index (κ1) is 21.0. The predicted molar refractivity (Wildman–Crippen MR) is 134 cm³/mol. The van der Waals surface area contributed by atoms with Crippen molar-refractivity contribution in [2.45, 2.75) is 18.2 Å². The number of rotatable bonds is 6. The predicted octanol–water partition coefficient (Wildman–Crippen LogP) is 6.76. The van der Waals surface area contributed by atoms with E-state index in [4.69, 9.17) is 17.0 Å². The van der Waals surface area contributed by atoms with Gasteiger partial charge in [0.05, 0.1) is 17.2 Å². The third kappa shape index (κ3) is 4.13. The van der Waals surface area contributed by atoms with E-state index in [9.17, 15) is 4.79 Å². The van der Waals surface area contributed by atoms with E-state index in [0.29, 0.717) is 15.8 Å². The van der Waals surface area contributed by atoms with Crippen LogP contribution in [0.2, 0.25) is 0 Å². The molecule has 1 heterocycles. The second-order valence-corrected chi connectivity index (χ2v) is 9.32. The van der Waals surface area contributed by atoms with E-state index in [1.807, 2.05) is 54.8 Å². The zero-order valence-corrected chi connectivity index (χ0v) is 19.2. The highest BCUT2D eigenvalue weighted by Crippen LogP contribution is 2.39. The van der Waals surface area contributed by atoms with Crippen molar-refractivity contribution < 1.29 is 9.53 Å². The monoisotopic (exact) mass is 451 g/mol. The summed E-state index contributed by atoms with van der Waals surface area (Å²) in [7, 11) is 0. The fourth-order valence-corrected chi connectivity index (χ4v) is 5.07. The molecule has 0 aliphatic carbocycles. The lowest BCUT2D eigenvalue weighted by molar-refractivity contribution is -0.113. The molecule has 0 unspecified atom stereocenters. The number of hydrogen-bond acceptors (Lipinski definition) is 5. The molecule has 0 bridgehead atoms. The van der Waals surface area contributed by atoms with E-state index in [1.165, 1.54) is 11.8 Å². The smallest absolute Gasteiger partial charge is 0.270 e. The zero-order chi connectivity index (χ0) is 21.1. The number of carbonyl (C=O) groups excluding carboxylic acids is 1. The summed E-state index contributed by atoms with van der Waals surface area (Å²) in [6.45, 7) is 2.70. The van der Waals surface area contributed by atoms with Crippen molar-refractivity contribution in [2.24, 2.45) is 0 Å². The highest BCUT2D eigenvalue weighted by molar-refractivity contribution is 8.27. The van der Waals surface area contributed by atoms with Crippen LogP contribution in [0.1, 0.15) is 18.9 Å². The molecule has 152 valence electrons. The molecule has 3 aromatic rings. The van der Waals surface area contributed by atoms with Gasteiger partial charge >= 0.3 is 0 Å². The Morgan fingerprint density at radius 1 is 1.13 bits per heavy atom. The maximum Gasteiger partial charge on any atom is 0.270 e. The van der Waals surface area contributed by atoms with Crippen molar-refractivity contribution in [2.75, 3.05) is 17.8 Å². The highest BCUT2D eigenvalue weighted by atomic mass is 32.2. The van der Waals surface area contributed by atoms with Gasteiger partial charge in [-0.15, -0.1) is 11.8 Å². The van der Waals surface area contributed by atoms with Gasteiger partial charge in [-0.3, -0.25) is 9.69 Å². The summed E-state index contributed by atoms with van der Waals surface area (Å²) in [5.41, 5.74) is 1.72. The lowest BCUT2D eigenvalue weighted by Gasteiger charge is -2.15. The lowest BCUT2D eigenvalue weighted by atomic mass is 10.0. The molecule has 6 heteroatoms. The average molecular weight is 452 g/mol. The molecule has 0 aromatic heterocycles. The third-order valence-electron chi connectivity index (χ3n) is 4.77. The molecule has 1 aliphatic heterocycles. The van der Waals surface area contributed by atoms with Crippen LogP contribution >= 0.6 is 35.7 Å². The number of anilines is 1. The summed E-state index contributed by atoms with van der Waals surface area (Å²) in [6.07, 6.45) is 4.85. The van der Waals surface area contributed by atoms with E-state index >= 15 is 0 Å². The molecule has 1 aliphatic rings. The standard InChI is InChI=1S/C24H21NO2S3/c1-3-13-27-21-12-11-16-7-4-5-10-19(16)20(21)15-22-23(26)25(24(28)30-22)17-8-6-9-18(14-17)29-2/h4-12,14-15H,3,13H2,1-2H3/b22-15-. The minimum Gasteiger partial charge on any atom is -0.493 e. The first-order valence-electron chi connectivity index (χ1n) is 9.69. The molecule has 3 aromatic carbocycles. The van der Waals surface area contributed by atoms with Gasteiger partial charge < -0.3 is 4.74 Å². The molecular weight excluding hydrogens is 430 g/mol. The number of thioether (sulfide) groups is 2. The number of hydrogen-bond donors (Lipinski definition) is 0. The van der Waals surface area contributed by atoms with Crippen molar-refractivity contribution in [1.29, 1.82) is 0 Å². The van der Waals surface area contributed by atoms with Crippen LogP contribution in [0.5, 0.6) is 5.75 Å². The van der Waals surface area contributed by atoms with Crippen LogP contribution in [0.15, 0.2) is 70.5 Å². The van der Waals surface area contributed by atoms with E-state index in [1.54, 1.807) is 16.7 Å². The van der Waals surface area contributed by atoms with Crippen LogP contribution in [-0.4, -0.2) is 23.1 Å². The van der Waals surface area contributed by atoms with Crippen LogP contribution in [0.3, 0.4) is 0 Å². The number of amides is 1. The molecular formula is C24H21NO2S3. The van der Waals surface area contributed by atoms with Gasteiger partial charge in [0, 0.05) is 10.5 Å². The lowest BCUT2D eigenvalue weighted by Crippen LogP contribution is -2.27. The summed E-state index contributed by atoms with van der Waals surface area (Å²) in [6, 6.07) is 20.0. The maximum atomic E-state index is 13.3.